The molecule has 0 aliphatic carbocycles. The summed E-state index contributed by atoms with van der Waals surface area (Å²) in [4.78, 5) is 17.5. The smallest absolute Gasteiger partial charge is 0.321 e. The first-order chi connectivity index (χ1) is 12.5. The first-order valence-electron chi connectivity index (χ1n) is 8.84. The monoisotopic (exact) mass is 355 g/mol. The Morgan fingerprint density at radius 3 is 2.81 bits per heavy atom. The van der Waals surface area contributed by atoms with Gasteiger partial charge in [0.05, 0.1) is 11.4 Å². The number of rotatable bonds is 2. The number of likely N-dealkylation sites (tertiary alicyclic amines) is 1. The van der Waals surface area contributed by atoms with Crippen LogP contribution in [0.25, 0.3) is 10.9 Å². The summed E-state index contributed by atoms with van der Waals surface area (Å²) in [5.41, 5.74) is 3.59. The van der Waals surface area contributed by atoms with Crippen molar-refractivity contribution >= 4 is 22.6 Å². The maximum atomic E-state index is 13.4. The second kappa shape index (κ2) is 6.48. The van der Waals surface area contributed by atoms with Crippen LogP contribution in [-0.2, 0) is 7.05 Å². The van der Waals surface area contributed by atoms with Gasteiger partial charge in [0.15, 0.2) is 0 Å². The molecule has 0 bridgehead atoms. The fraction of sp³-hybridized carbons (Fsp3) is 0.368. The lowest BCUT2D eigenvalue weighted by atomic mass is 9.89. The number of carbonyl (C=O) groups excluding carboxylic acids is 1. The predicted molar refractivity (Wildman–Crippen MR) is 98.8 cm³/mol. The SMILES string of the molecule is Cc1nn(C)cc1NC(=O)N1CCC(c2c[nH]c3cc(F)ccc23)CC1. The van der Waals surface area contributed by atoms with E-state index in [0.717, 1.165) is 35.1 Å². The van der Waals surface area contributed by atoms with Crippen LogP contribution in [0.5, 0.6) is 0 Å². The van der Waals surface area contributed by atoms with Gasteiger partial charge in [0.1, 0.15) is 5.82 Å². The molecule has 2 N–H and O–H groups in total. The van der Waals surface area contributed by atoms with Crippen LogP contribution in [0.1, 0.15) is 30.0 Å². The van der Waals surface area contributed by atoms with Crippen LogP contribution in [0.15, 0.2) is 30.6 Å². The fourth-order valence-corrected chi connectivity index (χ4v) is 3.77. The van der Waals surface area contributed by atoms with Gasteiger partial charge in [-0.3, -0.25) is 4.68 Å². The average Bonchev–Trinajstić information content (AvgIpc) is 3.17. The summed E-state index contributed by atoms with van der Waals surface area (Å²) < 4.78 is 15.1. The quantitative estimate of drug-likeness (QED) is 0.735. The number of aryl methyl sites for hydroxylation is 2. The van der Waals surface area contributed by atoms with E-state index in [1.807, 2.05) is 37.3 Å². The summed E-state index contributed by atoms with van der Waals surface area (Å²) in [5.74, 6) is 0.140. The molecule has 2 amide bonds. The summed E-state index contributed by atoms with van der Waals surface area (Å²) in [6.07, 6.45) is 5.57. The number of urea groups is 1. The molecule has 0 unspecified atom stereocenters. The highest BCUT2D eigenvalue weighted by molar-refractivity contribution is 5.90. The number of H-pyrrole nitrogens is 1. The zero-order chi connectivity index (χ0) is 18.3. The van der Waals surface area contributed by atoms with Crippen LogP contribution in [0.3, 0.4) is 0 Å². The minimum atomic E-state index is -0.233. The van der Waals surface area contributed by atoms with E-state index >= 15 is 0 Å². The van der Waals surface area contributed by atoms with Gasteiger partial charge in [-0.1, -0.05) is 0 Å². The minimum Gasteiger partial charge on any atom is -0.361 e. The Morgan fingerprint density at radius 2 is 2.12 bits per heavy atom. The number of hydrogen-bond acceptors (Lipinski definition) is 2. The fourth-order valence-electron chi connectivity index (χ4n) is 3.77. The van der Waals surface area contributed by atoms with Gasteiger partial charge < -0.3 is 15.2 Å². The lowest BCUT2D eigenvalue weighted by molar-refractivity contribution is 0.194. The number of nitrogens with zero attached hydrogens (tertiary/aromatic N) is 3. The minimum absolute atomic E-state index is 0.0828. The maximum absolute atomic E-state index is 13.4. The van der Waals surface area contributed by atoms with E-state index in [-0.39, 0.29) is 11.8 Å². The molecule has 0 radical (unpaired) electrons. The number of aromatic amines is 1. The third kappa shape index (κ3) is 3.05. The molecule has 1 fully saturated rings. The van der Waals surface area contributed by atoms with Crippen molar-refractivity contribution in [3.05, 3.63) is 47.7 Å². The van der Waals surface area contributed by atoms with Crippen molar-refractivity contribution in [1.29, 1.82) is 0 Å². The highest BCUT2D eigenvalue weighted by atomic mass is 19.1. The Balaban J connectivity index is 1.42. The molecule has 26 heavy (non-hydrogen) atoms. The van der Waals surface area contributed by atoms with Gasteiger partial charge in [-0.05, 0) is 49.4 Å². The van der Waals surface area contributed by atoms with Gasteiger partial charge >= 0.3 is 6.03 Å². The Kier molecular flexibility index (Phi) is 4.14. The van der Waals surface area contributed by atoms with Crippen molar-refractivity contribution in [3.8, 4) is 0 Å². The maximum Gasteiger partial charge on any atom is 0.321 e. The van der Waals surface area contributed by atoms with Gasteiger partial charge in [0, 0.05) is 43.4 Å². The summed E-state index contributed by atoms with van der Waals surface area (Å²) >= 11 is 0. The zero-order valence-electron chi connectivity index (χ0n) is 14.9. The molecular weight excluding hydrogens is 333 g/mol. The summed E-state index contributed by atoms with van der Waals surface area (Å²) in [7, 11) is 1.83. The first kappa shape index (κ1) is 16.6. The Morgan fingerprint density at radius 1 is 1.35 bits per heavy atom. The van der Waals surface area contributed by atoms with Crippen molar-refractivity contribution in [3.63, 3.8) is 0 Å². The lowest BCUT2D eigenvalue weighted by Gasteiger charge is -2.32. The van der Waals surface area contributed by atoms with E-state index < -0.39 is 0 Å². The number of carbonyl (C=O) groups is 1. The molecule has 0 saturated carbocycles. The van der Waals surface area contributed by atoms with Crippen molar-refractivity contribution < 1.29 is 9.18 Å². The molecular formula is C19H22FN5O. The molecule has 0 spiro atoms. The number of nitrogens with one attached hydrogen (secondary N) is 2. The molecule has 1 aliphatic heterocycles. The van der Waals surface area contributed by atoms with Crippen molar-refractivity contribution in [2.75, 3.05) is 18.4 Å². The van der Waals surface area contributed by atoms with Crippen LogP contribution >= 0.6 is 0 Å². The third-order valence-corrected chi connectivity index (χ3v) is 5.15. The van der Waals surface area contributed by atoms with E-state index in [1.165, 1.54) is 17.7 Å². The molecule has 3 aromatic rings. The first-order valence-corrected chi connectivity index (χ1v) is 8.84. The highest BCUT2D eigenvalue weighted by Gasteiger charge is 2.26. The summed E-state index contributed by atoms with van der Waals surface area (Å²) in [6, 6.07) is 4.78. The topological polar surface area (TPSA) is 66.0 Å². The van der Waals surface area contributed by atoms with Crippen LogP contribution < -0.4 is 5.32 Å². The number of aromatic nitrogens is 3. The molecule has 136 valence electrons. The summed E-state index contributed by atoms with van der Waals surface area (Å²) in [6.45, 7) is 3.27. The highest BCUT2D eigenvalue weighted by Crippen LogP contribution is 2.33. The van der Waals surface area contributed by atoms with Crippen LogP contribution in [0, 0.1) is 12.7 Å². The molecule has 1 saturated heterocycles. The van der Waals surface area contributed by atoms with E-state index in [4.69, 9.17) is 0 Å². The number of piperidine rings is 1. The summed E-state index contributed by atoms with van der Waals surface area (Å²) in [5, 5.41) is 8.26. The normalized spacial score (nSPS) is 15.6. The standard InChI is InChI=1S/C19H22FN5O/c1-12-18(11-24(2)23-12)22-19(26)25-7-5-13(6-8-25)16-10-21-17-9-14(20)3-4-15(16)17/h3-4,9-11,13,21H,5-8H2,1-2H3,(H,22,26). The number of anilines is 1. The van der Waals surface area contributed by atoms with Crippen LogP contribution in [0.2, 0.25) is 0 Å². The van der Waals surface area contributed by atoms with E-state index in [2.05, 4.69) is 15.4 Å². The molecule has 1 aliphatic rings. The molecule has 2 aromatic heterocycles. The molecule has 1 aromatic carbocycles. The molecule has 7 heteroatoms. The van der Waals surface area contributed by atoms with Crippen LogP contribution in [0.4, 0.5) is 14.9 Å². The molecule has 6 nitrogen and oxygen atoms in total. The number of benzene rings is 1. The number of fused-ring (bicyclic) bond motifs is 1. The van der Waals surface area contributed by atoms with Crippen molar-refractivity contribution in [2.45, 2.75) is 25.7 Å². The number of amides is 2. The Bertz CT molecular complexity index is 952. The molecule has 3 heterocycles. The number of hydrogen-bond donors (Lipinski definition) is 2. The third-order valence-electron chi connectivity index (χ3n) is 5.15. The van der Waals surface area contributed by atoms with E-state index in [0.29, 0.717) is 19.0 Å². The van der Waals surface area contributed by atoms with Gasteiger partial charge in [-0.2, -0.15) is 5.10 Å². The second-order valence-corrected chi connectivity index (χ2v) is 6.93. The lowest BCUT2D eigenvalue weighted by Crippen LogP contribution is -2.40. The van der Waals surface area contributed by atoms with E-state index in [9.17, 15) is 9.18 Å². The van der Waals surface area contributed by atoms with Crippen molar-refractivity contribution in [2.24, 2.45) is 7.05 Å². The van der Waals surface area contributed by atoms with Gasteiger partial charge in [-0.15, -0.1) is 0 Å². The Hall–Kier alpha value is -2.83. The largest absolute Gasteiger partial charge is 0.361 e. The van der Waals surface area contributed by atoms with Crippen LogP contribution in [-0.4, -0.2) is 38.8 Å². The Labute approximate surface area is 151 Å². The molecule has 0 atom stereocenters. The average molecular weight is 355 g/mol. The van der Waals surface area contributed by atoms with E-state index in [1.54, 1.807) is 4.68 Å². The zero-order valence-corrected chi connectivity index (χ0v) is 14.9. The van der Waals surface area contributed by atoms with Gasteiger partial charge in [0.25, 0.3) is 0 Å². The van der Waals surface area contributed by atoms with Gasteiger partial charge in [-0.25, -0.2) is 9.18 Å². The molecule has 4 rings (SSSR count). The second-order valence-electron chi connectivity index (χ2n) is 6.93. The van der Waals surface area contributed by atoms with Gasteiger partial charge in [0.2, 0.25) is 0 Å². The predicted octanol–water partition coefficient (Wildman–Crippen LogP) is 3.76. The van der Waals surface area contributed by atoms with Crippen molar-refractivity contribution in [1.82, 2.24) is 19.7 Å². The number of halogens is 1.